The highest BCUT2D eigenvalue weighted by atomic mass is 32.2. The van der Waals surface area contributed by atoms with Crippen molar-refractivity contribution in [2.45, 2.75) is 18.6 Å². The van der Waals surface area contributed by atoms with Crippen molar-refractivity contribution in [3.63, 3.8) is 0 Å². The van der Waals surface area contributed by atoms with E-state index in [-0.39, 0.29) is 11.5 Å². The topological polar surface area (TPSA) is 53.2 Å². The Labute approximate surface area is 139 Å². The lowest BCUT2D eigenvalue weighted by Gasteiger charge is -2.20. The monoisotopic (exact) mass is 328 g/mol. The SMILES string of the molecule is Cc1ccccc1[C@H]1CCN(C(=O)c2ccc(=O)[nH]c2)CCS1. The molecular formula is C18H20N2O2S. The van der Waals surface area contributed by atoms with Crippen molar-refractivity contribution in [1.82, 2.24) is 9.88 Å². The van der Waals surface area contributed by atoms with Crippen LogP contribution >= 0.6 is 11.8 Å². The van der Waals surface area contributed by atoms with Crippen LogP contribution in [0.2, 0.25) is 0 Å². The quantitative estimate of drug-likeness (QED) is 0.922. The molecule has 1 atom stereocenters. The Kier molecular flexibility index (Phi) is 4.86. The average Bonchev–Trinajstić information content (AvgIpc) is 2.81. The maximum atomic E-state index is 12.6. The van der Waals surface area contributed by atoms with Gasteiger partial charge in [-0.3, -0.25) is 9.59 Å². The molecule has 3 rings (SSSR count). The predicted octanol–water partition coefficient (Wildman–Crippen LogP) is 3.00. The van der Waals surface area contributed by atoms with E-state index in [1.807, 2.05) is 16.7 Å². The molecule has 5 heteroatoms. The first-order chi connectivity index (χ1) is 11.1. The summed E-state index contributed by atoms with van der Waals surface area (Å²) in [5.74, 6) is 0.918. The van der Waals surface area contributed by atoms with E-state index in [2.05, 4.69) is 36.2 Å². The van der Waals surface area contributed by atoms with Crippen LogP contribution in [-0.2, 0) is 0 Å². The zero-order valence-electron chi connectivity index (χ0n) is 13.1. The van der Waals surface area contributed by atoms with Gasteiger partial charge in [-0.25, -0.2) is 0 Å². The van der Waals surface area contributed by atoms with E-state index in [1.165, 1.54) is 23.4 Å². The minimum Gasteiger partial charge on any atom is -0.338 e. The van der Waals surface area contributed by atoms with Gasteiger partial charge in [0.15, 0.2) is 0 Å². The van der Waals surface area contributed by atoms with Crippen LogP contribution in [0.15, 0.2) is 47.4 Å². The van der Waals surface area contributed by atoms with Gasteiger partial charge in [-0.2, -0.15) is 11.8 Å². The van der Waals surface area contributed by atoms with Crippen LogP contribution in [0.5, 0.6) is 0 Å². The largest absolute Gasteiger partial charge is 0.338 e. The highest BCUT2D eigenvalue weighted by molar-refractivity contribution is 7.99. The lowest BCUT2D eigenvalue weighted by atomic mass is 10.0. The lowest BCUT2D eigenvalue weighted by molar-refractivity contribution is 0.0766. The van der Waals surface area contributed by atoms with E-state index in [9.17, 15) is 9.59 Å². The molecule has 0 aliphatic carbocycles. The molecule has 1 amide bonds. The van der Waals surface area contributed by atoms with Crippen LogP contribution in [-0.4, -0.2) is 34.6 Å². The highest BCUT2D eigenvalue weighted by Crippen LogP contribution is 2.36. The number of pyridine rings is 1. The maximum Gasteiger partial charge on any atom is 0.255 e. The van der Waals surface area contributed by atoms with Crippen molar-refractivity contribution in [3.05, 3.63) is 69.6 Å². The van der Waals surface area contributed by atoms with Crippen molar-refractivity contribution in [1.29, 1.82) is 0 Å². The van der Waals surface area contributed by atoms with E-state index >= 15 is 0 Å². The van der Waals surface area contributed by atoms with Gasteiger partial charge in [-0.15, -0.1) is 0 Å². The second-order valence-electron chi connectivity index (χ2n) is 5.74. The van der Waals surface area contributed by atoms with Crippen LogP contribution in [0.3, 0.4) is 0 Å². The summed E-state index contributed by atoms with van der Waals surface area (Å²) < 4.78 is 0. The fraction of sp³-hybridized carbons (Fsp3) is 0.333. The summed E-state index contributed by atoms with van der Waals surface area (Å²) in [6, 6.07) is 11.5. The third-order valence-electron chi connectivity index (χ3n) is 4.20. The number of aryl methyl sites for hydroxylation is 1. The van der Waals surface area contributed by atoms with E-state index < -0.39 is 0 Å². The number of carbonyl (C=O) groups is 1. The van der Waals surface area contributed by atoms with E-state index in [0.29, 0.717) is 10.8 Å². The first kappa shape index (κ1) is 15.9. The molecule has 1 aromatic carbocycles. The molecule has 2 heterocycles. The highest BCUT2D eigenvalue weighted by Gasteiger charge is 2.23. The van der Waals surface area contributed by atoms with Crippen LogP contribution in [0.1, 0.15) is 33.2 Å². The zero-order chi connectivity index (χ0) is 16.2. The lowest BCUT2D eigenvalue weighted by Crippen LogP contribution is -2.33. The third kappa shape index (κ3) is 3.67. The molecular weight excluding hydrogens is 308 g/mol. The van der Waals surface area contributed by atoms with Crippen LogP contribution in [0.4, 0.5) is 0 Å². The van der Waals surface area contributed by atoms with E-state index in [0.717, 1.165) is 25.3 Å². The number of hydrogen-bond acceptors (Lipinski definition) is 3. The molecule has 1 fully saturated rings. The molecule has 2 aromatic rings. The fourth-order valence-electron chi connectivity index (χ4n) is 2.90. The van der Waals surface area contributed by atoms with E-state index in [4.69, 9.17) is 0 Å². The number of thioether (sulfide) groups is 1. The van der Waals surface area contributed by atoms with Crippen molar-refractivity contribution >= 4 is 17.7 Å². The number of hydrogen-bond donors (Lipinski definition) is 1. The van der Waals surface area contributed by atoms with Crippen molar-refractivity contribution in [3.8, 4) is 0 Å². The van der Waals surface area contributed by atoms with Crippen LogP contribution in [0, 0.1) is 6.92 Å². The Morgan fingerprint density at radius 3 is 2.78 bits per heavy atom. The zero-order valence-corrected chi connectivity index (χ0v) is 13.9. The first-order valence-corrected chi connectivity index (χ1v) is 8.85. The summed E-state index contributed by atoms with van der Waals surface area (Å²) in [5, 5.41) is 0.435. The molecule has 1 aliphatic heterocycles. The Bertz CT molecular complexity index is 736. The van der Waals surface area contributed by atoms with Gasteiger partial charge in [0.05, 0.1) is 5.56 Å². The normalized spacial score (nSPS) is 18.5. The number of rotatable bonds is 2. The summed E-state index contributed by atoms with van der Waals surface area (Å²) >= 11 is 1.92. The molecule has 0 bridgehead atoms. The molecule has 1 aromatic heterocycles. The molecule has 0 saturated carbocycles. The second kappa shape index (κ2) is 7.04. The van der Waals surface area contributed by atoms with Gasteiger partial charge in [-0.1, -0.05) is 24.3 Å². The molecule has 0 spiro atoms. The average molecular weight is 328 g/mol. The van der Waals surface area contributed by atoms with Gasteiger partial charge in [0.1, 0.15) is 0 Å². The van der Waals surface area contributed by atoms with Gasteiger partial charge in [-0.05, 0) is 30.5 Å². The van der Waals surface area contributed by atoms with Crippen molar-refractivity contribution in [2.75, 3.05) is 18.8 Å². The number of aromatic amines is 1. The fourth-order valence-corrected chi connectivity index (χ4v) is 4.22. The number of amides is 1. The van der Waals surface area contributed by atoms with Gasteiger partial charge in [0.25, 0.3) is 5.91 Å². The molecule has 0 unspecified atom stereocenters. The standard InChI is InChI=1S/C18H20N2O2S/c1-13-4-2-3-5-15(13)16-8-9-20(10-11-23-16)18(22)14-6-7-17(21)19-12-14/h2-7,12,16H,8-11H2,1H3,(H,19,21)/t16-/m1/s1. The number of nitrogens with zero attached hydrogens (tertiary/aromatic N) is 1. The second-order valence-corrected chi connectivity index (χ2v) is 7.05. The molecule has 1 aliphatic rings. The Balaban J connectivity index is 1.71. The first-order valence-electron chi connectivity index (χ1n) is 7.80. The number of nitrogens with one attached hydrogen (secondary N) is 1. The minimum absolute atomic E-state index is 0.00714. The third-order valence-corrected chi connectivity index (χ3v) is 5.51. The van der Waals surface area contributed by atoms with Gasteiger partial charge in [0, 0.05) is 36.4 Å². The Morgan fingerprint density at radius 1 is 1.22 bits per heavy atom. The molecule has 0 radical (unpaired) electrons. The van der Waals surface area contributed by atoms with Crippen molar-refractivity contribution < 1.29 is 4.79 Å². The summed E-state index contributed by atoms with van der Waals surface area (Å²) in [7, 11) is 0. The van der Waals surface area contributed by atoms with Crippen molar-refractivity contribution in [2.24, 2.45) is 0 Å². The minimum atomic E-state index is -0.187. The predicted molar refractivity (Wildman–Crippen MR) is 94.0 cm³/mol. The Morgan fingerprint density at radius 2 is 2.04 bits per heavy atom. The number of benzene rings is 1. The summed E-state index contributed by atoms with van der Waals surface area (Å²) in [5.41, 5.74) is 3.04. The Hall–Kier alpha value is -2.01. The summed E-state index contributed by atoms with van der Waals surface area (Å²) in [6.07, 6.45) is 2.45. The molecule has 23 heavy (non-hydrogen) atoms. The maximum absolute atomic E-state index is 12.6. The van der Waals surface area contributed by atoms with Gasteiger partial charge >= 0.3 is 0 Å². The van der Waals surface area contributed by atoms with Crippen LogP contribution in [0.25, 0.3) is 0 Å². The smallest absolute Gasteiger partial charge is 0.255 e. The molecule has 1 saturated heterocycles. The van der Waals surface area contributed by atoms with Crippen LogP contribution < -0.4 is 5.56 Å². The number of carbonyl (C=O) groups excluding carboxylic acids is 1. The molecule has 120 valence electrons. The van der Waals surface area contributed by atoms with Gasteiger partial charge in [0.2, 0.25) is 5.56 Å². The number of aromatic nitrogens is 1. The van der Waals surface area contributed by atoms with E-state index in [1.54, 1.807) is 6.07 Å². The number of H-pyrrole nitrogens is 1. The van der Waals surface area contributed by atoms with Gasteiger partial charge < -0.3 is 9.88 Å². The summed E-state index contributed by atoms with van der Waals surface area (Å²) in [6.45, 7) is 3.62. The summed E-state index contributed by atoms with van der Waals surface area (Å²) in [4.78, 5) is 28.1. The molecule has 1 N–H and O–H groups in total. The molecule has 4 nitrogen and oxygen atoms in total.